The zero-order valence-corrected chi connectivity index (χ0v) is 9.05. The van der Waals surface area contributed by atoms with Crippen molar-refractivity contribution in [3.8, 4) is 0 Å². The maximum atomic E-state index is 11.4. The van der Waals surface area contributed by atoms with Crippen LogP contribution in [0.5, 0.6) is 0 Å². The van der Waals surface area contributed by atoms with Gasteiger partial charge in [0.05, 0.1) is 0 Å². The SMILES string of the molecule is O=C(O)C1(c2nc3ccccc3o2)CCCO1. The number of aliphatic carboxylic acids is 1. The highest BCUT2D eigenvalue weighted by molar-refractivity contribution is 5.80. The molecule has 1 atom stereocenters. The van der Waals surface area contributed by atoms with Gasteiger partial charge in [0, 0.05) is 6.61 Å². The Kier molecular flexibility index (Phi) is 2.16. The Bertz CT molecular complexity index is 536. The predicted molar refractivity (Wildman–Crippen MR) is 58.5 cm³/mol. The summed E-state index contributed by atoms with van der Waals surface area (Å²) in [7, 11) is 0. The van der Waals surface area contributed by atoms with Crippen molar-refractivity contribution in [3.05, 3.63) is 30.2 Å². The molecule has 0 bridgehead atoms. The highest BCUT2D eigenvalue weighted by Gasteiger charge is 2.49. The van der Waals surface area contributed by atoms with Crippen molar-refractivity contribution in [2.75, 3.05) is 6.61 Å². The summed E-state index contributed by atoms with van der Waals surface area (Å²) in [6.45, 7) is 0.422. The molecule has 1 N–H and O–H groups in total. The van der Waals surface area contributed by atoms with Crippen LogP contribution in [0.15, 0.2) is 28.7 Å². The third-order valence-electron chi connectivity index (χ3n) is 3.01. The van der Waals surface area contributed by atoms with E-state index in [-0.39, 0.29) is 5.89 Å². The van der Waals surface area contributed by atoms with Crippen LogP contribution in [0.2, 0.25) is 0 Å². The number of ether oxygens (including phenoxy) is 1. The molecular formula is C12H11NO4. The highest BCUT2D eigenvalue weighted by Crippen LogP contribution is 2.37. The molecule has 0 spiro atoms. The van der Waals surface area contributed by atoms with Gasteiger partial charge in [-0.15, -0.1) is 0 Å². The Morgan fingerprint density at radius 3 is 2.88 bits per heavy atom. The number of fused-ring (bicyclic) bond motifs is 1. The lowest BCUT2D eigenvalue weighted by Gasteiger charge is -2.18. The molecule has 5 nitrogen and oxygen atoms in total. The van der Waals surface area contributed by atoms with E-state index in [0.29, 0.717) is 30.5 Å². The Morgan fingerprint density at radius 2 is 2.24 bits per heavy atom. The number of rotatable bonds is 2. The number of carbonyl (C=O) groups is 1. The van der Waals surface area contributed by atoms with Crippen LogP contribution in [0, 0.1) is 0 Å². The molecule has 0 saturated carbocycles. The van der Waals surface area contributed by atoms with Gasteiger partial charge in [-0.05, 0) is 25.0 Å². The molecule has 17 heavy (non-hydrogen) atoms. The molecule has 1 aromatic heterocycles. The number of aromatic nitrogens is 1. The number of para-hydroxylation sites is 2. The minimum atomic E-state index is -1.40. The summed E-state index contributed by atoms with van der Waals surface area (Å²) in [5.41, 5.74) is -0.170. The molecule has 2 heterocycles. The van der Waals surface area contributed by atoms with Gasteiger partial charge in [0.2, 0.25) is 11.5 Å². The minimum Gasteiger partial charge on any atom is -0.479 e. The van der Waals surface area contributed by atoms with Crippen LogP contribution in [-0.2, 0) is 15.1 Å². The Hall–Kier alpha value is -1.88. The standard InChI is InChI=1S/C12H11NO4/c14-11(15)12(6-3-7-16-12)10-13-8-4-1-2-5-9(8)17-10/h1-2,4-5H,3,6-7H2,(H,14,15). The van der Waals surface area contributed by atoms with Crippen LogP contribution in [0.1, 0.15) is 18.7 Å². The van der Waals surface area contributed by atoms with E-state index in [4.69, 9.17) is 9.15 Å². The summed E-state index contributed by atoms with van der Waals surface area (Å²) in [6.07, 6.45) is 1.10. The molecule has 0 radical (unpaired) electrons. The quantitative estimate of drug-likeness (QED) is 0.857. The topological polar surface area (TPSA) is 72.6 Å². The van der Waals surface area contributed by atoms with Gasteiger partial charge < -0.3 is 14.3 Å². The third kappa shape index (κ3) is 1.43. The number of benzene rings is 1. The van der Waals surface area contributed by atoms with E-state index in [1.54, 1.807) is 12.1 Å². The van der Waals surface area contributed by atoms with E-state index in [1.165, 1.54) is 0 Å². The van der Waals surface area contributed by atoms with Crippen LogP contribution < -0.4 is 0 Å². The lowest BCUT2D eigenvalue weighted by atomic mass is 10.0. The van der Waals surface area contributed by atoms with Crippen LogP contribution in [0.4, 0.5) is 0 Å². The van der Waals surface area contributed by atoms with Crippen molar-refractivity contribution >= 4 is 17.1 Å². The van der Waals surface area contributed by atoms with Crippen LogP contribution >= 0.6 is 0 Å². The van der Waals surface area contributed by atoms with Gasteiger partial charge in [-0.25, -0.2) is 9.78 Å². The first-order valence-electron chi connectivity index (χ1n) is 5.46. The second kappa shape index (κ2) is 3.56. The molecule has 1 aliphatic heterocycles. The maximum Gasteiger partial charge on any atom is 0.345 e. The van der Waals surface area contributed by atoms with E-state index < -0.39 is 11.6 Å². The first-order valence-corrected chi connectivity index (χ1v) is 5.46. The summed E-state index contributed by atoms with van der Waals surface area (Å²) >= 11 is 0. The second-order valence-corrected chi connectivity index (χ2v) is 4.07. The molecule has 0 aliphatic carbocycles. The van der Waals surface area contributed by atoms with E-state index in [2.05, 4.69) is 4.98 Å². The fourth-order valence-electron chi connectivity index (χ4n) is 2.11. The monoisotopic (exact) mass is 233 g/mol. The zero-order valence-electron chi connectivity index (χ0n) is 9.05. The molecule has 88 valence electrons. The van der Waals surface area contributed by atoms with Crippen LogP contribution in [-0.4, -0.2) is 22.7 Å². The molecule has 1 fully saturated rings. The molecular weight excluding hydrogens is 222 g/mol. The lowest BCUT2D eigenvalue weighted by molar-refractivity contribution is -0.163. The minimum absolute atomic E-state index is 0.142. The van der Waals surface area contributed by atoms with Crippen molar-refractivity contribution < 1.29 is 19.1 Å². The van der Waals surface area contributed by atoms with E-state index >= 15 is 0 Å². The van der Waals surface area contributed by atoms with Crippen molar-refractivity contribution in [3.63, 3.8) is 0 Å². The fourth-order valence-corrected chi connectivity index (χ4v) is 2.11. The molecule has 1 aromatic carbocycles. The van der Waals surface area contributed by atoms with Gasteiger partial charge in [-0.3, -0.25) is 0 Å². The molecule has 5 heteroatoms. The van der Waals surface area contributed by atoms with Crippen molar-refractivity contribution in [1.82, 2.24) is 4.98 Å². The number of hydrogen-bond acceptors (Lipinski definition) is 4. The fraction of sp³-hybridized carbons (Fsp3) is 0.333. The largest absolute Gasteiger partial charge is 0.479 e. The van der Waals surface area contributed by atoms with E-state index in [9.17, 15) is 9.90 Å². The van der Waals surface area contributed by atoms with Crippen LogP contribution in [0.25, 0.3) is 11.1 Å². The Morgan fingerprint density at radius 1 is 1.41 bits per heavy atom. The normalized spacial score (nSPS) is 24.2. The smallest absolute Gasteiger partial charge is 0.345 e. The summed E-state index contributed by atoms with van der Waals surface area (Å²) in [6, 6.07) is 7.20. The maximum absolute atomic E-state index is 11.4. The summed E-state index contributed by atoms with van der Waals surface area (Å²) < 4.78 is 10.9. The van der Waals surface area contributed by atoms with Gasteiger partial charge >= 0.3 is 5.97 Å². The number of hydrogen-bond donors (Lipinski definition) is 1. The first kappa shape index (κ1) is 10.3. The van der Waals surface area contributed by atoms with Crippen LogP contribution in [0.3, 0.4) is 0 Å². The van der Waals surface area contributed by atoms with E-state index in [0.717, 1.165) is 0 Å². The van der Waals surface area contributed by atoms with Gasteiger partial charge in [-0.2, -0.15) is 0 Å². The van der Waals surface area contributed by atoms with Crippen molar-refractivity contribution in [2.24, 2.45) is 0 Å². The number of oxazole rings is 1. The lowest BCUT2D eigenvalue weighted by Crippen LogP contribution is -2.35. The zero-order chi connectivity index (χ0) is 11.9. The van der Waals surface area contributed by atoms with Crippen molar-refractivity contribution in [1.29, 1.82) is 0 Å². The average Bonchev–Trinajstić information content (AvgIpc) is 2.96. The second-order valence-electron chi connectivity index (χ2n) is 4.07. The van der Waals surface area contributed by atoms with Gasteiger partial charge in [-0.1, -0.05) is 12.1 Å². The highest BCUT2D eigenvalue weighted by atomic mass is 16.5. The molecule has 2 aromatic rings. The number of nitrogens with zero attached hydrogens (tertiary/aromatic N) is 1. The molecule has 0 amide bonds. The van der Waals surface area contributed by atoms with Gasteiger partial charge in [0.1, 0.15) is 5.52 Å². The molecule has 3 rings (SSSR count). The third-order valence-corrected chi connectivity index (χ3v) is 3.01. The molecule has 1 unspecified atom stereocenters. The average molecular weight is 233 g/mol. The van der Waals surface area contributed by atoms with E-state index in [1.807, 2.05) is 12.1 Å². The summed E-state index contributed by atoms with van der Waals surface area (Å²) in [5.74, 6) is -0.898. The Labute approximate surface area is 97.0 Å². The van der Waals surface area contributed by atoms with Crippen molar-refractivity contribution in [2.45, 2.75) is 18.4 Å². The Balaban J connectivity index is 2.15. The van der Waals surface area contributed by atoms with Gasteiger partial charge in [0.15, 0.2) is 5.58 Å². The predicted octanol–water partition coefficient (Wildman–Crippen LogP) is 1.92. The molecule has 1 saturated heterocycles. The number of carboxylic acid groups (broad SMARTS) is 1. The van der Waals surface area contributed by atoms with Gasteiger partial charge in [0.25, 0.3) is 0 Å². The molecule has 1 aliphatic rings. The first-order chi connectivity index (χ1) is 8.22. The summed E-state index contributed by atoms with van der Waals surface area (Å²) in [4.78, 5) is 15.6. The summed E-state index contributed by atoms with van der Waals surface area (Å²) in [5, 5.41) is 9.32. The number of carboxylic acids is 1.